The molecule has 1 amide bonds. The Balaban J connectivity index is 1.92. The second-order valence-corrected chi connectivity index (χ2v) is 9.82. The number of hydrogen-bond donors (Lipinski definition) is 1. The lowest BCUT2D eigenvalue weighted by molar-refractivity contribution is 0.0619. The van der Waals surface area contributed by atoms with Crippen molar-refractivity contribution in [1.29, 1.82) is 0 Å². The summed E-state index contributed by atoms with van der Waals surface area (Å²) in [6, 6.07) is 12.6. The van der Waals surface area contributed by atoms with Crippen LogP contribution in [0.1, 0.15) is 47.8 Å². The van der Waals surface area contributed by atoms with Crippen LogP contribution in [0.15, 0.2) is 42.5 Å². The predicted molar refractivity (Wildman–Crippen MR) is 110 cm³/mol. The summed E-state index contributed by atoms with van der Waals surface area (Å²) in [4.78, 5) is 13.1. The number of para-hydroxylation sites is 1. The van der Waals surface area contributed by atoms with Crippen LogP contribution in [0.5, 0.6) is 5.75 Å². The molecule has 1 heterocycles. The Kier molecular flexibility index (Phi) is 5.14. The number of carbonyl (C=O) groups excluding carboxylic acids is 1. The third-order valence-corrected chi connectivity index (χ3v) is 6.26. The number of amides is 1. The van der Waals surface area contributed by atoms with E-state index in [1.165, 1.54) is 11.4 Å². The Morgan fingerprint density at radius 3 is 2.54 bits per heavy atom. The lowest BCUT2D eigenvalue weighted by Crippen LogP contribution is -2.41. The average molecular weight is 403 g/mol. The number of nitrogens with zero attached hydrogens (tertiary/aromatic N) is 1. The first kappa shape index (κ1) is 20.2. The van der Waals surface area contributed by atoms with Crippen molar-refractivity contribution in [3.05, 3.63) is 59.2 Å². The SMILES string of the molecule is Cc1c(C(=O)N[C@@H]2CC(C)(C)Oc3ccccc32)cccc1N(C)S(C)(=O)=O. The standard InChI is InChI=1S/C21H26N2O4S/c1-14-15(10-8-11-18(14)23(4)28(5,25)26)20(24)22-17-13-21(2,3)27-19-12-7-6-9-16(17)19/h6-12,17H,13H2,1-5H3,(H,22,24)/t17-/m1/s1. The third-order valence-electron chi connectivity index (χ3n) is 5.07. The van der Waals surface area contributed by atoms with Gasteiger partial charge in [0.15, 0.2) is 0 Å². The van der Waals surface area contributed by atoms with Crippen molar-refractivity contribution in [3.63, 3.8) is 0 Å². The molecule has 0 spiro atoms. The van der Waals surface area contributed by atoms with Gasteiger partial charge in [-0.2, -0.15) is 0 Å². The molecule has 0 saturated carbocycles. The van der Waals surface area contributed by atoms with Crippen molar-refractivity contribution < 1.29 is 17.9 Å². The van der Waals surface area contributed by atoms with Crippen LogP contribution in [0.3, 0.4) is 0 Å². The largest absolute Gasteiger partial charge is 0.487 e. The van der Waals surface area contributed by atoms with Gasteiger partial charge in [-0.25, -0.2) is 8.42 Å². The Morgan fingerprint density at radius 1 is 1.18 bits per heavy atom. The summed E-state index contributed by atoms with van der Waals surface area (Å²) in [7, 11) is -1.94. The Bertz CT molecular complexity index is 1010. The highest BCUT2D eigenvalue weighted by atomic mass is 32.2. The van der Waals surface area contributed by atoms with Crippen LogP contribution >= 0.6 is 0 Å². The maximum Gasteiger partial charge on any atom is 0.252 e. The van der Waals surface area contributed by atoms with Crippen LogP contribution in [0, 0.1) is 6.92 Å². The van der Waals surface area contributed by atoms with Crippen LogP contribution in [-0.4, -0.2) is 33.2 Å². The molecule has 1 atom stereocenters. The predicted octanol–water partition coefficient (Wildman–Crippen LogP) is 3.42. The smallest absolute Gasteiger partial charge is 0.252 e. The van der Waals surface area contributed by atoms with E-state index >= 15 is 0 Å². The summed E-state index contributed by atoms with van der Waals surface area (Å²) in [6.45, 7) is 5.75. The van der Waals surface area contributed by atoms with Crippen molar-refractivity contribution >= 4 is 21.6 Å². The fraction of sp³-hybridized carbons (Fsp3) is 0.381. The lowest BCUT2D eigenvalue weighted by atomic mass is 9.89. The molecule has 0 aliphatic carbocycles. The molecule has 1 N–H and O–H groups in total. The number of nitrogens with one attached hydrogen (secondary N) is 1. The molecule has 2 aromatic rings. The van der Waals surface area contributed by atoms with Crippen molar-refractivity contribution in [2.45, 2.75) is 38.8 Å². The first-order chi connectivity index (χ1) is 13.0. The fourth-order valence-corrected chi connectivity index (χ4v) is 4.11. The molecule has 0 bridgehead atoms. The van der Waals surface area contributed by atoms with E-state index in [1.807, 2.05) is 38.1 Å². The van der Waals surface area contributed by atoms with E-state index in [4.69, 9.17) is 4.74 Å². The van der Waals surface area contributed by atoms with Gasteiger partial charge in [0.2, 0.25) is 10.0 Å². The minimum absolute atomic E-state index is 0.192. The number of carbonyl (C=O) groups is 1. The summed E-state index contributed by atoms with van der Waals surface area (Å²) in [5.41, 5.74) is 2.10. The Labute approximate surface area is 166 Å². The minimum atomic E-state index is -3.42. The second kappa shape index (κ2) is 7.13. The second-order valence-electron chi connectivity index (χ2n) is 7.81. The highest BCUT2D eigenvalue weighted by Gasteiger charge is 2.34. The molecule has 0 saturated heterocycles. The summed E-state index contributed by atoms with van der Waals surface area (Å²) in [6.07, 6.45) is 1.78. The van der Waals surface area contributed by atoms with Crippen LogP contribution in [-0.2, 0) is 10.0 Å². The molecule has 2 aromatic carbocycles. The van der Waals surface area contributed by atoms with Gasteiger partial charge in [-0.3, -0.25) is 9.10 Å². The first-order valence-electron chi connectivity index (χ1n) is 9.12. The Morgan fingerprint density at radius 2 is 1.86 bits per heavy atom. The van der Waals surface area contributed by atoms with Crippen LogP contribution < -0.4 is 14.4 Å². The molecule has 6 nitrogen and oxygen atoms in total. The van der Waals surface area contributed by atoms with Gasteiger partial charge in [-0.05, 0) is 44.5 Å². The van der Waals surface area contributed by atoms with E-state index in [0.717, 1.165) is 17.6 Å². The van der Waals surface area contributed by atoms with Gasteiger partial charge >= 0.3 is 0 Å². The maximum absolute atomic E-state index is 13.1. The molecule has 0 unspecified atom stereocenters. The van der Waals surface area contributed by atoms with E-state index in [-0.39, 0.29) is 11.9 Å². The highest BCUT2D eigenvalue weighted by Crippen LogP contribution is 2.39. The molecule has 1 aliphatic rings. The van der Waals surface area contributed by atoms with E-state index in [1.54, 1.807) is 25.1 Å². The van der Waals surface area contributed by atoms with E-state index in [2.05, 4.69) is 5.32 Å². The molecule has 0 radical (unpaired) electrons. The molecule has 1 aliphatic heterocycles. The number of benzene rings is 2. The van der Waals surface area contributed by atoms with Gasteiger partial charge in [0.25, 0.3) is 5.91 Å². The van der Waals surface area contributed by atoms with Crippen molar-refractivity contribution in [2.24, 2.45) is 0 Å². The van der Waals surface area contributed by atoms with Crippen molar-refractivity contribution in [3.8, 4) is 5.75 Å². The van der Waals surface area contributed by atoms with Gasteiger partial charge in [0.05, 0.1) is 18.0 Å². The summed E-state index contributed by atoms with van der Waals surface area (Å²) in [5, 5.41) is 3.11. The van der Waals surface area contributed by atoms with E-state index in [9.17, 15) is 13.2 Å². The van der Waals surface area contributed by atoms with Crippen LogP contribution in [0.2, 0.25) is 0 Å². The molecule has 0 fully saturated rings. The molecular formula is C21H26N2O4S. The van der Waals surface area contributed by atoms with Gasteiger partial charge in [0, 0.05) is 24.6 Å². The maximum atomic E-state index is 13.1. The zero-order valence-corrected chi connectivity index (χ0v) is 17.6. The minimum Gasteiger partial charge on any atom is -0.487 e. The number of anilines is 1. The molecular weight excluding hydrogens is 376 g/mol. The molecule has 150 valence electrons. The summed E-state index contributed by atoms with van der Waals surface area (Å²) >= 11 is 0. The molecule has 0 aromatic heterocycles. The van der Waals surface area contributed by atoms with Crippen LogP contribution in [0.4, 0.5) is 5.69 Å². The van der Waals surface area contributed by atoms with E-state index in [0.29, 0.717) is 23.2 Å². The van der Waals surface area contributed by atoms with Gasteiger partial charge in [-0.15, -0.1) is 0 Å². The fourth-order valence-electron chi connectivity index (χ4n) is 3.56. The first-order valence-corrected chi connectivity index (χ1v) is 11.0. The van der Waals surface area contributed by atoms with E-state index < -0.39 is 15.6 Å². The topological polar surface area (TPSA) is 75.7 Å². The summed E-state index contributed by atoms with van der Waals surface area (Å²) in [5.74, 6) is 0.532. The lowest BCUT2D eigenvalue weighted by Gasteiger charge is -2.38. The Hall–Kier alpha value is -2.54. The highest BCUT2D eigenvalue weighted by molar-refractivity contribution is 7.92. The number of ether oxygens (including phenoxy) is 1. The monoisotopic (exact) mass is 402 g/mol. The molecule has 28 heavy (non-hydrogen) atoms. The molecule has 3 rings (SSSR count). The average Bonchev–Trinajstić information content (AvgIpc) is 2.59. The van der Waals surface area contributed by atoms with Crippen LogP contribution in [0.25, 0.3) is 0 Å². The molecule has 7 heteroatoms. The van der Waals surface area contributed by atoms with Gasteiger partial charge in [0.1, 0.15) is 11.4 Å². The number of rotatable bonds is 4. The zero-order chi connectivity index (χ0) is 20.7. The van der Waals surface area contributed by atoms with Crippen molar-refractivity contribution in [2.75, 3.05) is 17.6 Å². The number of hydrogen-bond acceptors (Lipinski definition) is 4. The number of sulfonamides is 1. The zero-order valence-electron chi connectivity index (χ0n) is 16.8. The van der Waals surface area contributed by atoms with Gasteiger partial charge < -0.3 is 10.1 Å². The van der Waals surface area contributed by atoms with Gasteiger partial charge in [-0.1, -0.05) is 24.3 Å². The normalized spacial score (nSPS) is 18.0. The number of fused-ring (bicyclic) bond motifs is 1. The quantitative estimate of drug-likeness (QED) is 0.850. The third kappa shape index (κ3) is 3.99. The van der Waals surface area contributed by atoms with Crippen molar-refractivity contribution in [1.82, 2.24) is 5.32 Å². The summed E-state index contributed by atoms with van der Waals surface area (Å²) < 4.78 is 31.0.